The van der Waals surface area contributed by atoms with Gasteiger partial charge in [0.15, 0.2) is 0 Å². The third-order valence-electron chi connectivity index (χ3n) is 3.29. The van der Waals surface area contributed by atoms with Gasteiger partial charge in [0.05, 0.1) is 23.4 Å². The topological polar surface area (TPSA) is 62.2 Å². The molecule has 0 unspecified atom stereocenters. The highest BCUT2D eigenvalue weighted by Gasteiger charge is 2.34. The summed E-state index contributed by atoms with van der Waals surface area (Å²) in [6.45, 7) is 0.256. The van der Waals surface area contributed by atoms with E-state index in [1.165, 1.54) is 18.3 Å². The van der Waals surface area contributed by atoms with Crippen molar-refractivity contribution in [2.24, 2.45) is 0 Å². The van der Waals surface area contributed by atoms with Crippen LogP contribution in [0, 0.1) is 0 Å². The van der Waals surface area contributed by atoms with Crippen molar-refractivity contribution in [2.75, 3.05) is 0 Å². The zero-order valence-electron chi connectivity index (χ0n) is 10.5. The van der Waals surface area contributed by atoms with Crippen molar-refractivity contribution < 1.29 is 23.1 Å². The number of pyridine rings is 1. The molecule has 0 aliphatic carbocycles. The lowest BCUT2D eigenvalue weighted by Gasteiger charge is -2.12. The normalized spacial score (nSPS) is 14.0. The van der Waals surface area contributed by atoms with Crippen LogP contribution in [0.5, 0.6) is 5.75 Å². The van der Waals surface area contributed by atoms with Crippen LogP contribution in [0.1, 0.15) is 21.6 Å². The van der Waals surface area contributed by atoms with Crippen molar-refractivity contribution in [3.63, 3.8) is 0 Å². The molecule has 108 valence electrons. The Morgan fingerprint density at radius 3 is 2.71 bits per heavy atom. The molecular weight excluding hydrogens is 285 g/mol. The summed E-state index contributed by atoms with van der Waals surface area (Å²) in [6, 6.07) is 4.62. The second-order valence-corrected chi connectivity index (χ2v) is 4.59. The highest BCUT2D eigenvalue weighted by atomic mass is 19.4. The van der Waals surface area contributed by atoms with Crippen LogP contribution in [0.15, 0.2) is 30.5 Å². The largest absolute Gasteiger partial charge is 0.507 e. The van der Waals surface area contributed by atoms with E-state index in [-0.39, 0.29) is 23.6 Å². The summed E-state index contributed by atoms with van der Waals surface area (Å²) in [5, 5.41) is 11.9. The number of nitrogens with one attached hydrogen (secondary N) is 1. The fourth-order valence-corrected chi connectivity index (χ4v) is 2.32. The first-order valence-corrected chi connectivity index (χ1v) is 6.04. The standard InChI is InChI=1S/C14H9F3N2O2/c15-14(16,17)9-5-7(1-2-11(9)20)8-3-4-18-10-6-19-13(21)12(8)10/h1-5,20H,6H2,(H,19,21). The number of carbonyl (C=O) groups excluding carboxylic acids is 1. The summed E-state index contributed by atoms with van der Waals surface area (Å²) < 4.78 is 38.5. The third kappa shape index (κ3) is 2.20. The van der Waals surface area contributed by atoms with Crippen molar-refractivity contribution in [1.29, 1.82) is 0 Å². The lowest BCUT2D eigenvalue weighted by molar-refractivity contribution is -0.138. The molecule has 3 rings (SSSR count). The first-order chi connectivity index (χ1) is 9.88. The molecule has 1 aliphatic heterocycles. The van der Waals surface area contributed by atoms with E-state index in [2.05, 4.69) is 10.3 Å². The van der Waals surface area contributed by atoms with Gasteiger partial charge in [-0.05, 0) is 29.3 Å². The maximum atomic E-state index is 12.8. The maximum Gasteiger partial charge on any atom is 0.419 e. The monoisotopic (exact) mass is 294 g/mol. The smallest absolute Gasteiger partial charge is 0.419 e. The number of hydrogen-bond donors (Lipinski definition) is 2. The summed E-state index contributed by atoms with van der Waals surface area (Å²) >= 11 is 0. The van der Waals surface area contributed by atoms with Crippen molar-refractivity contribution in [3.05, 3.63) is 47.3 Å². The van der Waals surface area contributed by atoms with Crippen LogP contribution in [-0.4, -0.2) is 16.0 Å². The minimum atomic E-state index is -4.67. The fourth-order valence-electron chi connectivity index (χ4n) is 2.32. The van der Waals surface area contributed by atoms with Gasteiger partial charge in [-0.1, -0.05) is 6.07 Å². The van der Waals surface area contributed by atoms with Gasteiger partial charge >= 0.3 is 6.18 Å². The van der Waals surface area contributed by atoms with E-state index in [9.17, 15) is 23.1 Å². The Bertz CT molecular complexity index is 741. The van der Waals surface area contributed by atoms with Crippen molar-refractivity contribution in [1.82, 2.24) is 10.3 Å². The Labute approximate surface area is 117 Å². The number of aromatic hydroxyl groups is 1. The Balaban J connectivity index is 2.19. The molecule has 21 heavy (non-hydrogen) atoms. The minimum Gasteiger partial charge on any atom is -0.507 e. The van der Waals surface area contributed by atoms with E-state index >= 15 is 0 Å². The average Bonchev–Trinajstić information content (AvgIpc) is 2.80. The van der Waals surface area contributed by atoms with Crippen LogP contribution < -0.4 is 5.32 Å². The molecule has 2 aromatic rings. The Morgan fingerprint density at radius 1 is 1.24 bits per heavy atom. The Hall–Kier alpha value is -2.57. The lowest BCUT2D eigenvalue weighted by Crippen LogP contribution is -2.13. The number of carbonyl (C=O) groups is 1. The van der Waals surface area contributed by atoms with Crippen LogP contribution in [0.3, 0.4) is 0 Å². The number of nitrogens with zero attached hydrogens (tertiary/aromatic N) is 1. The number of hydrogen-bond acceptors (Lipinski definition) is 3. The van der Waals surface area contributed by atoms with Gasteiger partial charge in [0.25, 0.3) is 5.91 Å². The number of fused-ring (bicyclic) bond motifs is 1. The molecule has 2 N–H and O–H groups in total. The van der Waals surface area contributed by atoms with Crippen LogP contribution in [-0.2, 0) is 12.7 Å². The molecule has 0 bridgehead atoms. The van der Waals surface area contributed by atoms with Crippen molar-refractivity contribution >= 4 is 5.91 Å². The van der Waals surface area contributed by atoms with Gasteiger partial charge in [0.2, 0.25) is 0 Å². The summed E-state index contributed by atoms with van der Waals surface area (Å²) in [5.74, 6) is -1.21. The molecule has 2 heterocycles. The van der Waals surface area contributed by atoms with Crippen LogP contribution in [0.25, 0.3) is 11.1 Å². The molecule has 7 heteroatoms. The van der Waals surface area contributed by atoms with Gasteiger partial charge in [-0.3, -0.25) is 9.78 Å². The highest BCUT2D eigenvalue weighted by Crippen LogP contribution is 2.39. The molecule has 0 fully saturated rings. The molecule has 1 aliphatic rings. The predicted molar refractivity (Wildman–Crippen MR) is 67.5 cm³/mol. The van der Waals surface area contributed by atoms with Crippen molar-refractivity contribution in [3.8, 4) is 16.9 Å². The molecule has 1 amide bonds. The fraction of sp³-hybridized carbons (Fsp3) is 0.143. The molecule has 0 spiro atoms. The van der Waals surface area contributed by atoms with Crippen LogP contribution in [0.4, 0.5) is 13.2 Å². The number of benzene rings is 1. The molecule has 0 radical (unpaired) electrons. The van der Waals surface area contributed by atoms with Gasteiger partial charge < -0.3 is 10.4 Å². The molecule has 1 aromatic carbocycles. The molecule has 0 atom stereocenters. The van der Waals surface area contributed by atoms with E-state index in [4.69, 9.17) is 0 Å². The number of phenols is 1. The second-order valence-electron chi connectivity index (χ2n) is 4.59. The van der Waals surface area contributed by atoms with Crippen molar-refractivity contribution in [2.45, 2.75) is 12.7 Å². The highest BCUT2D eigenvalue weighted by molar-refractivity contribution is 6.04. The van der Waals surface area contributed by atoms with Gasteiger partial charge in [-0.25, -0.2) is 0 Å². The zero-order chi connectivity index (χ0) is 15.2. The quantitative estimate of drug-likeness (QED) is 0.850. The Kier molecular flexibility index (Phi) is 2.86. The van der Waals surface area contributed by atoms with Gasteiger partial charge in [0, 0.05) is 6.20 Å². The zero-order valence-corrected chi connectivity index (χ0v) is 10.5. The number of amides is 1. The summed E-state index contributed by atoms with van der Waals surface area (Å²) in [7, 11) is 0. The molecule has 1 aromatic heterocycles. The van der Waals surface area contributed by atoms with Gasteiger partial charge in [0.1, 0.15) is 5.75 Å². The van der Waals surface area contributed by atoms with E-state index in [0.717, 1.165) is 12.1 Å². The molecular formula is C14H9F3N2O2. The van der Waals surface area contributed by atoms with E-state index in [0.29, 0.717) is 11.3 Å². The van der Waals surface area contributed by atoms with Gasteiger partial charge in [-0.15, -0.1) is 0 Å². The first kappa shape index (κ1) is 13.4. The molecule has 0 saturated carbocycles. The summed E-state index contributed by atoms with van der Waals surface area (Å²) in [5.41, 5.74) is 0.204. The van der Waals surface area contributed by atoms with E-state index in [1.54, 1.807) is 0 Å². The maximum absolute atomic E-state index is 12.8. The summed E-state index contributed by atoms with van der Waals surface area (Å²) in [4.78, 5) is 15.8. The van der Waals surface area contributed by atoms with Crippen LogP contribution >= 0.6 is 0 Å². The summed E-state index contributed by atoms with van der Waals surface area (Å²) in [6.07, 6.45) is -3.23. The van der Waals surface area contributed by atoms with Crippen LogP contribution in [0.2, 0.25) is 0 Å². The molecule has 0 saturated heterocycles. The van der Waals surface area contributed by atoms with E-state index in [1.807, 2.05) is 0 Å². The minimum absolute atomic E-state index is 0.204. The number of halogens is 3. The number of rotatable bonds is 1. The lowest BCUT2D eigenvalue weighted by atomic mass is 9.98. The third-order valence-corrected chi connectivity index (χ3v) is 3.29. The average molecular weight is 294 g/mol. The SMILES string of the molecule is O=C1NCc2nccc(-c3ccc(O)c(C(F)(F)F)c3)c21. The molecule has 4 nitrogen and oxygen atoms in total. The number of aromatic nitrogens is 1. The van der Waals surface area contributed by atoms with E-state index < -0.39 is 17.5 Å². The predicted octanol–water partition coefficient (Wildman–Crippen LogP) is 2.72. The Morgan fingerprint density at radius 2 is 2.00 bits per heavy atom. The second kappa shape index (κ2) is 4.47. The number of alkyl halides is 3. The number of phenolic OH excluding ortho intramolecular Hbond substituents is 1. The van der Waals surface area contributed by atoms with Gasteiger partial charge in [-0.2, -0.15) is 13.2 Å². The first-order valence-electron chi connectivity index (χ1n) is 6.04.